The Labute approximate surface area is 113 Å². The Morgan fingerprint density at radius 1 is 1.21 bits per heavy atom. The van der Waals surface area contributed by atoms with Crippen LogP contribution in [-0.2, 0) is 14.6 Å². The molecule has 0 saturated heterocycles. The second-order valence-electron chi connectivity index (χ2n) is 4.96. The lowest BCUT2D eigenvalue weighted by Crippen LogP contribution is -2.39. The molecule has 0 aromatic heterocycles. The normalized spacial score (nSPS) is 20.5. The maximum atomic E-state index is 11.9. The van der Waals surface area contributed by atoms with Crippen LogP contribution in [0.3, 0.4) is 0 Å². The molecule has 0 saturated carbocycles. The van der Waals surface area contributed by atoms with E-state index in [9.17, 15) is 13.2 Å². The number of rotatable bonds is 2. The quantitative estimate of drug-likeness (QED) is 0.831. The summed E-state index contributed by atoms with van der Waals surface area (Å²) in [4.78, 5) is 13.4. The van der Waals surface area contributed by atoms with Crippen LogP contribution in [0, 0.1) is 13.8 Å². The van der Waals surface area contributed by atoms with Crippen molar-refractivity contribution >= 4 is 21.4 Å². The van der Waals surface area contributed by atoms with E-state index in [1.54, 1.807) is 11.0 Å². The number of carbonyl (C=O) groups is 1. The van der Waals surface area contributed by atoms with Gasteiger partial charge in [0.05, 0.1) is 11.8 Å². The number of hydrogen-bond donors (Lipinski definition) is 0. The zero-order valence-electron chi connectivity index (χ0n) is 11.3. The number of hydrogen-bond acceptors (Lipinski definition) is 3. The van der Waals surface area contributed by atoms with Crippen molar-refractivity contribution in [3.63, 3.8) is 0 Å². The number of benzene rings is 1. The maximum absolute atomic E-state index is 11.9. The smallest absolute Gasteiger partial charge is 0.224 e. The van der Waals surface area contributed by atoms with Crippen molar-refractivity contribution in [2.45, 2.75) is 26.8 Å². The molecule has 1 aliphatic rings. The Balaban J connectivity index is 2.42. The van der Waals surface area contributed by atoms with E-state index in [4.69, 9.17) is 0 Å². The van der Waals surface area contributed by atoms with Gasteiger partial charge in [-0.15, -0.1) is 0 Å². The van der Waals surface area contributed by atoms with Crippen molar-refractivity contribution in [2.75, 3.05) is 10.7 Å². The van der Waals surface area contributed by atoms with Crippen LogP contribution in [0.25, 0.3) is 0 Å². The summed E-state index contributed by atoms with van der Waals surface area (Å²) in [6.45, 7) is 5.36. The molecular formula is C14H17NO3S. The molecule has 0 bridgehead atoms. The minimum absolute atomic E-state index is 0.0421. The molecule has 0 N–H and O–H groups in total. The van der Waals surface area contributed by atoms with Gasteiger partial charge in [-0.25, -0.2) is 8.42 Å². The van der Waals surface area contributed by atoms with Crippen LogP contribution < -0.4 is 4.90 Å². The van der Waals surface area contributed by atoms with Crippen molar-refractivity contribution in [3.05, 3.63) is 40.8 Å². The Hall–Kier alpha value is -1.62. The first kappa shape index (κ1) is 13.8. The third-order valence-electron chi connectivity index (χ3n) is 3.07. The van der Waals surface area contributed by atoms with Crippen molar-refractivity contribution in [1.29, 1.82) is 0 Å². The van der Waals surface area contributed by atoms with Gasteiger partial charge in [-0.2, -0.15) is 0 Å². The van der Waals surface area contributed by atoms with Gasteiger partial charge < -0.3 is 4.90 Å². The average Bonchev–Trinajstić information content (AvgIpc) is 2.56. The number of anilines is 1. The Kier molecular flexibility index (Phi) is 3.49. The molecule has 1 aliphatic heterocycles. The van der Waals surface area contributed by atoms with Gasteiger partial charge in [0.1, 0.15) is 0 Å². The van der Waals surface area contributed by atoms with E-state index in [1.165, 1.54) is 12.3 Å². The summed E-state index contributed by atoms with van der Waals surface area (Å²) in [5.41, 5.74) is 2.84. The lowest BCUT2D eigenvalue weighted by molar-refractivity contribution is -0.116. The number of carbonyl (C=O) groups excluding carboxylic acids is 1. The molecule has 5 heteroatoms. The molecule has 102 valence electrons. The maximum Gasteiger partial charge on any atom is 0.224 e. The first-order valence-electron chi connectivity index (χ1n) is 6.07. The molecule has 0 unspecified atom stereocenters. The summed E-state index contributed by atoms with van der Waals surface area (Å²) < 4.78 is 23.0. The molecule has 1 heterocycles. The molecule has 1 amide bonds. The van der Waals surface area contributed by atoms with Gasteiger partial charge in [0.15, 0.2) is 9.84 Å². The summed E-state index contributed by atoms with van der Waals surface area (Å²) in [5.74, 6) is -0.198. The fraction of sp³-hybridized carbons (Fsp3) is 0.357. The van der Waals surface area contributed by atoms with Crippen LogP contribution in [0.1, 0.15) is 18.1 Å². The lowest BCUT2D eigenvalue weighted by atomic mass is 10.1. The summed E-state index contributed by atoms with van der Waals surface area (Å²) in [7, 11) is -3.18. The molecule has 19 heavy (non-hydrogen) atoms. The van der Waals surface area contributed by atoms with Gasteiger partial charge in [0.25, 0.3) is 0 Å². The highest BCUT2D eigenvalue weighted by Crippen LogP contribution is 2.25. The predicted octanol–water partition coefficient (Wildman–Crippen LogP) is 1.97. The molecule has 0 radical (unpaired) electrons. The Morgan fingerprint density at radius 3 is 2.21 bits per heavy atom. The molecule has 0 fully saturated rings. The van der Waals surface area contributed by atoms with Crippen molar-refractivity contribution < 1.29 is 13.2 Å². The van der Waals surface area contributed by atoms with Crippen LogP contribution in [0.2, 0.25) is 0 Å². The molecule has 2 rings (SSSR count). The minimum atomic E-state index is -3.18. The van der Waals surface area contributed by atoms with Crippen LogP contribution in [0.5, 0.6) is 0 Å². The molecule has 4 nitrogen and oxygen atoms in total. The van der Waals surface area contributed by atoms with Gasteiger partial charge >= 0.3 is 0 Å². The first-order valence-corrected chi connectivity index (χ1v) is 7.79. The van der Waals surface area contributed by atoms with E-state index in [1.807, 2.05) is 32.0 Å². The van der Waals surface area contributed by atoms with Crippen molar-refractivity contribution in [3.8, 4) is 0 Å². The van der Waals surface area contributed by atoms with E-state index in [0.717, 1.165) is 16.8 Å². The van der Waals surface area contributed by atoms with Gasteiger partial charge in [-0.05, 0) is 43.2 Å². The largest absolute Gasteiger partial charge is 0.305 e. The summed E-state index contributed by atoms with van der Waals surface area (Å²) in [6, 6.07) is 5.40. The van der Waals surface area contributed by atoms with E-state index < -0.39 is 15.9 Å². The Bertz CT molecular complexity index is 626. The third kappa shape index (κ3) is 3.04. The highest BCUT2D eigenvalue weighted by atomic mass is 32.2. The van der Waals surface area contributed by atoms with Crippen LogP contribution in [0.4, 0.5) is 5.69 Å². The standard InChI is InChI=1S/C14H17NO3S/c1-10-6-11(2)8-14(7-10)15(12(3)16)13-4-5-19(17,18)9-13/h4-8,13H,9H2,1-3H3/t13-/m0/s1. The van der Waals surface area contributed by atoms with Crippen molar-refractivity contribution in [2.24, 2.45) is 0 Å². The van der Waals surface area contributed by atoms with Gasteiger partial charge in [-0.1, -0.05) is 6.07 Å². The zero-order valence-corrected chi connectivity index (χ0v) is 12.1. The number of nitrogens with zero attached hydrogens (tertiary/aromatic N) is 1. The predicted molar refractivity (Wildman–Crippen MR) is 75.8 cm³/mol. The molecule has 0 aliphatic carbocycles. The fourth-order valence-electron chi connectivity index (χ4n) is 2.42. The van der Waals surface area contributed by atoms with E-state index >= 15 is 0 Å². The van der Waals surface area contributed by atoms with Crippen LogP contribution in [0.15, 0.2) is 29.7 Å². The van der Waals surface area contributed by atoms with E-state index in [2.05, 4.69) is 0 Å². The second-order valence-corrected chi connectivity index (χ2v) is 6.89. The number of sulfone groups is 1. The zero-order chi connectivity index (χ0) is 14.2. The molecule has 0 spiro atoms. The summed E-state index contributed by atoms with van der Waals surface area (Å²) >= 11 is 0. The fourth-order valence-corrected chi connectivity index (χ4v) is 3.68. The van der Waals surface area contributed by atoms with Gasteiger partial charge in [-0.3, -0.25) is 4.79 Å². The SMILES string of the molecule is CC(=O)N(c1cc(C)cc(C)c1)[C@H]1C=CS(=O)(=O)C1. The van der Waals surface area contributed by atoms with E-state index in [0.29, 0.717) is 0 Å². The first-order chi connectivity index (χ1) is 8.78. The van der Waals surface area contributed by atoms with Gasteiger partial charge in [0.2, 0.25) is 5.91 Å². The molecule has 1 atom stereocenters. The lowest BCUT2D eigenvalue weighted by Gasteiger charge is -2.27. The Morgan fingerprint density at radius 2 is 1.79 bits per heavy atom. The summed E-state index contributed by atoms with van der Waals surface area (Å²) in [6.07, 6.45) is 1.58. The highest BCUT2D eigenvalue weighted by Gasteiger charge is 2.29. The third-order valence-corrected chi connectivity index (χ3v) is 4.44. The van der Waals surface area contributed by atoms with Crippen LogP contribution in [-0.4, -0.2) is 26.1 Å². The van der Waals surface area contributed by atoms with Gasteiger partial charge in [0, 0.05) is 18.0 Å². The van der Waals surface area contributed by atoms with Crippen LogP contribution >= 0.6 is 0 Å². The average molecular weight is 279 g/mol. The topological polar surface area (TPSA) is 54.5 Å². The van der Waals surface area contributed by atoms with E-state index in [-0.39, 0.29) is 11.7 Å². The van der Waals surface area contributed by atoms with Crippen molar-refractivity contribution in [1.82, 2.24) is 0 Å². The second kappa shape index (κ2) is 4.81. The molecule has 1 aromatic carbocycles. The molecular weight excluding hydrogens is 262 g/mol. The number of amides is 1. The monoisotopic (exact) mass is 279 g/mol. The minimum Gasteiger partial charge on any atom is -0.305 e. The summed E-state index contributed by atoms with van der Waals surface area (Å²) in [5, 5.41) is 1.19. The molecule has 1 aromatic rings. The highest BCUT2D eigenvalue weighted by molar-refractivity contribution is 7.94. The number of aryl methyl sites for hydroxylation is 2.